The number of likely N-dealkylation sites (N-methyl/N-ethyl adjacent to an activating group) is 1. The zero-order valence-corrected chi connectivity index (χ0v) is 23.6. The van der Waals surface area contributed by atoms with E-state index < -0.39 is 34.4 Å². The Kier molecular flexibility index (Phi) is 9.72. The Hall–Kier alpha value is -2.49. The SMILES string of the molecule is CNC(=O)[C@@H](C)N(Cc1ccc(Cl)c(Cl)c1)C(=O)CN(c1ccc(Cl)c(Cl)c1)S(=O)(=O)c1ccccc1. The van der Waals surface area contributed by atoms with Crippen molar-refractivity contribution in [3.8, 4) is 0 Å². The van der Waals surface area contributed by atoms with E-state index in [1.165, 1.54) is 42.3 Å². The third-order valence-corrected chi connectivity index (χ3v) is 8.82. The number of carbonyl (C=O) groups is 2. The first kappa shape index (κ1) is 29.1. The highest BCUT2D eigenvalue weighted by atomic mass is 35.5. The smallest absolute Gasteiger partial charge is 0.264 e. The summed E-state index contributed by atoms with van der Waals surface area (Å²) in [6.45, 7) is 0.909. The Morgan fingerprint density at radius 1 is 0.865 bits per heavy atom. The molecule has 1 atom stereocenters. The Morgan fingerprint density at radius 2 is 1.46 bits per heavy atom. The highest BCUT2D eigenvalue weighted by Crippen LogP contribution is 2.31. The molecule has 3 rings (SSSR count). The quantitative estimate of drug-likeness (QED) is 0.342. The molecule has 0 unspecified atom stereocenters. The highest BCUT2D eigenvalue weighted by Gasteiger charge is 2.32. The van der Waals surface area contributed by atoms with Crippen LogP contribution in [0.5, 0.6) is 0 Å². The zero-order chi connectivity index (χ0) is 27.3. The number of hydrogen-bond donors (Lipinski definition) is 1. The number of nitrogens with one attached hydrogen (secondary N) is 1. The van der Waals surface area contributed by atoms with Crippen LogP contribution in [-0.2, 0) is 26.2 Å². The summed E-state index contributed by atoms with van der Waals surface area (Å²) in [5.74, 6) is -1.06. The van der Waals surface area contributed by atoms with Gasteiger partial charge in [-0.1, -0.05) is 70.7 Å². The van der Waals surface area contributed by atoms with E-state index in [4.69, 9.17) is 46.4 Å². The van der Waals surface area contributed by atoms with Gasteiger partial charge in [0.2, 0.25) is 11.8 Å². The fourth-order valence-corrected chi connectivity index (χ4v) is 5.55. The van der Waals surface area contributed by atoms with Crippen molar-refractivity contribution < 1.29 is 18.0 Å². The molecule has 196 valence electrons. The number of benzene rings is 3. The molecule has 0 bridgehead atoms. The Bertz CT molecular complexity index is 1400. The van der Waals surface area contributed by atoms with Crippen molar-refractivity contribution in [2.75, 3.05) is 17.9 Å². The number of amides is 2. The lowest BCUT2D eigenvalue weighted by Crippen LogP contribution is -2.50. The molecule has 37 heavy (non-hydrogen) atoms. The summed E-state index contributed by atoms with van der Waals surface area (Å²) in [6, 6.07) is 15.8. The summed E-state index contributed by atoms with van der Waals surface area (Å²) in [6.07, 6.45) is 0. The molecule has 3 aromatic carbocycles. The number of carbonyl (C=O) groups excluding carboxylic acids is 2. The highest BCUT2D eigenvalue weighted by molar-refractivity contribution is 7.92. The molecule has 0 fully saturated rings. The van der Waals surface area contributed by atoms with E-state index in [0.717, 1.165) is 4.31 Å². The molecule has 7 nitrogen and oxygen atoms in total. The van der Waals surface area contributed by atoms with Gasteiger partial charge in [0.05, 0.1) is 30.7 Å². The minimum atomic E-state index is -4.20. The van der Waals surface area contributed by atoms with Gasteiger partial charge >= 0.3 is 0 Å². The molecule has 0 heterocycles. The molecule has 2 amide bonds. The van der Waals surface area contributed by atoms with Gasteiger partial charge in [-0.3, -0.25) is 13.9 Å². The summed E-state index contributed by atoms with van der Waals surface area (Å²) >= 11 is 24.4. The Balaban J connectivity index is 2.05. The zero-order valence-electron chi connectivity index (χ0n) is 19.8. The third kappa shape index (κ3) is 6.89. The summed E-state index contributed by atoms with van der Waals surface area (Å²) in [5.41, 5.74) is 0.735. The van der Waals surface area contributed by atoms with E-state index in [0.29, 0.717) is 10.6 Å². The first-order chi connectivity index (χ1) is 17.4. The minimum Gasteiger partial charge on any atom is -0.357 e. The van der Waals surface area contributed by atoms with Crippen LogP contribution >= 0.6 is 46.4 Å². The molecule has 0 radical (unpaired) electrons. The van der Waals surface area contributed by atoms with Gasteiger partial charge in [-0.15, -0.1) is 0 Å². The predicted octanol–water partition coefficient (Wildman–Crippen LogP) is 5.66. The monoisotopic (exact) mass is 601 g/mol. The molecular formula is C25H23Cl4N3O4S. The van der Waals surface area contributed by atoms with Gasteiger partial charge in [0, 0.05) is 13.6 Å². The van der Waals surface area contributed by atoms with Gasteiger partial charge in [0.1, 0.15) is 12.6 Å². The van der Waals surface area contributed by atoms with E-state index in [2.05, 4.69) is 5.32 Å². The topological polar surface area (TPSA) is 86.8 Å². The van der Waals surface area contributed by atoms with E-state index in [1.54, 1.807) is 43.3 Å². The summed E-state index contributed by atoms with van der Waals surface area (Å²) in [7, 11) is -2.76. The lowest BCUT2D eigenvalue weighted by Gasteiger charge is -2.32. The van der Waals surface area contributed by atoms with Crippen LogP contribution in [0.25, 0.3) is 0 Å². The van der Waals surface area contributed by atoms with E-state index >= 15 is 0 Å². The molecule has 0 spiro atoms. The molecule has 12 heteroatoms. The normalized spacial score (nSPS) is 12.1. The molecule has 0 aliphatic carbocycles. The molecule has 0 aliphatic rings. The number of anilines is 1. The van der Waals surface area contributed by atoms with Gasteiger partial charge in [-0.05, 0) is 55.0 Å². The fourth-order valence-electron chi connectivity index (χ4n) is 3.51. The van der Waals surface area contributed by atoms with Gasteiger partial charge in [0.25, 0.3) is 10.0 Å². The predicted molar refractivity (Wildman–Crippen MR) is 148 cm³/mol. The molecule has 0 aliphatic heterocycles. The lowest BCUT2D eigenvalue weighted by atomic mass is 10.1. The van der Waals surface area contributed by atoms with E-state index in [9.17, 15) is 18.0 Å². The van der Waals surface area contributed by atoms with Crippen LogP contribution in [0.4, 0.5) is 5.69 Å². The molecular weight excluding hydrogens is 580 g/mol. The van der Waals surface area contributed by atoms with Crippen molar-refractivity contribution in [2.24, 2.45) is 0 Å². The van der Waals surface area contributed by atoms with Crippen molar-refractivity contribution in [3.63, 3.8) is 0 Å². The van der Waals surface area contributed by atoms with Crippen LogP contribution in [0.2, 0.25) is 20.1 Å². The fraction of sp³-hybridized carbons (Fsp3) is 0.200. The third-order valence-electron chi connectivity index (χ3n) is 5.55. The van der Waals surface area contributed by atoms with Crippen LogP contribution in [0, 0.1) is 0 Å². The second kappa shape index (κ2) is 12.4. The van der Waals surface area contributed by atoms with Crippen molar-refractivity contribution in [1.82, 2.24) is 10.2 Å². The average Bonchev–Trinajstić information content (AvgIpc) is 2.89. The minimum absolute atomic E-state index is 0.0229. The summed E-state index contributed by atoms with van der Waals surface area (Å²) < 4.78 is 28.2. The number of hydrogen-bond acceptors (Lipinski definition) is 4. The first-order valence-electron chi connectivity index (χ1n) is 10.9. The van der Waals surface area contributed by atoms with E-state index in [-0.39, 0.29) is 32.2 Å². The number of halogens is 4. The maximum Gasteiger partial charge on any atom is 0.264 e. The second-order valence-electron chi connectivity index (χ2n) is 7.98. The number of sulfonamides is 1. The molecule has 3 aromatic rings. The van der Waals surface area contributed by atoms with Crippen LogP contribution < -0.4 is 9.62 Å². The Morgan fingerprint density at radius 3 is 2.03 bits per heavy atom. The lowest BCUT2D eigenvalue weighted by molar-refractivity contribution is -0.139. The summed E-state index contributed by atoms with van der Waals surface area (Å²) in [5, 5.41) is 3.48. The molecule has 0 aromatic heterocycles. The van der Waals surface area contributed by atoms with Gasteiger partial charge in [0.15, 0.2) is 0 Å². The molecule has 0 saturated heterocycles. The Labute approximate surface area is 235 Å². The van der Waals surface area contributed by atoms with Crippen molar-refractivity contribution >= 4 is 73.9 Å². The largest absolute Gasteiger partial charge is 0.357 e. The maximum absolute atomic E-state index is 13.7. The first-order valence-corrected chi connectivity index (χ1v) is 13.9. The van der Waals surface area contributed by atoms with Crippen molar-refractivity contribution in [3.05, 3.63) is 92.4 Å². The van der Waals surface area contributed by atoms with Gasteiger partial charge in [-0.2, -0.15) is 0 Å². The number of rotatable bonds is 9. The van der Waals surface area contributed by atoms with Crippen molar-refractivity contribution in [2.45, 2.75) is 24.4 Å². The van der Waals surface area contributed by atoms with Crippen LogP contribution in [0.1, 0.15) is 12.5 Å². The maximum atomic E-state index is 13.7. The van der Waals surface area contributed by atoms with Crippen LogP contribution in [0.3, 0.4) is 0 Å². The molecule has 0 saturated carbocycles. The average molecular weight is 603 g/mol. The standard InChI is InChI=1S/C25H23Cl4N3O4S/c1-16(25(34)30-2)31(14-17-8-10-20(26)22(28)12-17)24(33)15-32(18-9-11-21(27)23(29)13-18)37(35,36)19-6-4-3-5-7-19/h3-13,16H,14-15H2,1-2H3,(H,30,34)/t16-/m1/s1. The molecule has 1 N–H and O–H groups in total. The van der Waals surface area contributed by atoms with Gasteiger partial charge in [-0.25, -0.2) is 8.42 Å². The van der Waals surface area contributed by atoms with Crippen LogP contribution in [0.15, 0.2) is 71.6 Å². The van der Waals surface area contributed by atoms with Gasteiger partial charge < -0.3 is 10.2 Å². The van der Waals surface area contributed by atoms with Crippen LogP contribution in [-0.4, -0.2) is 44.8 Å². The summed E-state index contributed by atoms with van der Waals surface area (Å²) in [4.78, 5) is 27.4. The van der Waals surface area contributed by atoms with Crippen molar-refractivity contribution in [1.29, 1.82) is 0 Å². The van der Waals surface area contributed by atoms with E-state index in [1.807, 2.05) is 0 Å². The number of nitrogens with zero attached hydrogens (tertiary/aromatic N) is 2. The second-order valence-corrected chi connectivity index (χ2v) is 11.5.